The van der Waals surface area contributed by atoms with Gasteiger partial charge in [-0.15, -0.1) is 0 Å². The summed E-state index contributed by atoms with van der Waals surface area (Å²) in [5.74, 6) is -2.77. The second-order valence-corrected chi connectivity index (χ2v) is 7.92. The van der Waals surface area contributed by atoms with Gasteiger partial charge in [-0.05, 0) is 23.8 Å². The lowest BCUT2D eigenvalue weighted by molar-refractivity contribution is -0.153. The summed E-state index contributed by atoms with van der Waals surface area (Å²) in [6.07, 6.45) is 3.16. The van der Waals surface area contributed by atoms with Gasteiger partial charge in [-0.2, -0.15) is 0 Å². The third-order valence-corrected chi connectivity index (χ3v) is 6.12. The quantitative estimate of drug-likeness (QED) is 0.568. The molecule has 1 amide bonds. The van der Waals surface area contributed by atoms with Crippen molar-refractivity contribution in [3.05, 3.63) is 77.1 Å². The minimum atomic E-state index is -0.895. The number of fused-ring (bicyclic) bond motifs is 1. The highest BCUT2D eigenvalue weighted by Gasteiger charge is 2.67. The minimum Gasteiger partial charge on any atom is -0.460 e. The maximum Gasteiger partial charge on any atom is 0.313 e. The van der Waals surface area contributed by atoms with Crippen molar-refractivity contribution in [2.45, 2.75) is 18.3 Å². The number of nitrogens with zero attached hydrogens (tertiary/aromatic N) is 1. The molecule has 7 heteroatoms. The maximum atomic E-state index is 13.9. The molecular formula is C22H17ClFNO4. The van der Waals surface area contributed by atoms with Crippen molar-refractivity contribution < 1.29 is 23.5 Å². The molecule has 4 atom stereocenters. The summed E-state index contributed by atoms with van der Waals surface area (Å²) >= 11 is 5.76. The smallest absolute Gasteiger partial charge is 0.313 e. The first-order valence-corrected chi connectivity index (χ1v) is 9.70. The highest BCUT2D eigenvalue weighted by molar-refractivity contribution is 6.30. The van der Waals surface area contributed by atoms with Gasteiger partial charge in [0.2, 0.25) is 5.91 Å². The summed E-state index contributed by atoms with van der Waals surface area (Å²) in [4.78, 5) is 27.5. The van der Waals surface area contributed by atoms with Crippen LogP contribution in [-0.4, -0.2) is 30.1 Å². The van der Waals surface area contributed by atoms with E-state index in [0.29, 0.717) is 5.69 Å². The predicted octanol–water partition coefficient (Wildman–Crippen LogP) is 3.51. The van der Waals surface area contributed by atoms with Gasteiger partial charge in [0.05, 0.1) is 23.6 Å². The van der Waals surface area contributed by atoms with Crippen molar-refractivity contribution >= 4 is 29.2 Å². The first-order chi connectivity index (χ1) is 14.0. The zero-order valence-electron chi connectivity index (χ0n) is 15.3. The number of anilines is 1. The fourth-order valence-electron chi connectivity index (χ4n) is 4.46. The van der Waals surface area contributed by atoms with Gasteiger partial charge >= 0.3 is 5.97 Å². The van der Waals surface area contributed by atoms with E-state index in [1.807, 2.05) is 42.5 Å². The normalized spacial score (nSPS) is 29.4. The average molecular weight is 414 g/mol. The van der Waals surface area contributed by atoms with E-state index in [1.165, 1.54) is 17.0 Å². The van der Waals surface area contributed by atoms with E-state index in [2.05, 4.69) is 0 Å². The van der Waals surface area contributed by atoms with Crippen molar-refractivity contribution in [2.75, 3.05) is 11.4 Å². The van der Waals surface area contributed by atoms with Crippen LogP contribution in [0.15, 0.2) is 60.7 Å². The molecule has 2 aromatic rings. The molecule has 1 spiro atoms. The molecule has 0 aromatic heterocycles. The Labute approximate surface area is 171 Å². The van der Waals surface area contributed by atoms with Crippen LogP contribution in [0.25, 0.3) is 0 Å². The molecule has 2 aromatic carbocycles. The number of benzene rings is 2. The number of ether oxygens (including phenoxy) is 2. The second kappa shape index (κ2) is 6.68. The highest BCUT2D eigenvalue weighted by atomic mass is 35.5. The molecule has 2 fully saturated rings. The zero-order chi connectivity index (χ0) is 20.2. The summed E-state index contributed by atoms with van der Waals surface area (Å²) in [5.41, 5.74) is 0.359. The van der Waals surface area contributed by atoms with Gasteiger partial charge in [-0.1, -0.05) is 54.1 Å². The molecule has 3 aliphatic rings. The van der Waals surface area contributed by atoms with E-state index in [-0.39, 0.29) is 24.1 Å². The van der Waals surface area contributed by atoms with Crippen LogP contribution in [0.4, 0.5) is 10.1 Å². The van der Waals surface area contributed by atoms with Crippen molar-refractivity contribution in [1.82, 2.24) is 0 Å². The van der Waals surface area contributed by atoms with E-state index in [4.69, 9.17) is 21.1 Å². The Balaban J connectivity index is 1.39. The van der Waals surface area contributed by atoms with E-state index >= 15 is 0 Å². The van der Waals surface area contributed by atoms with E-state index < -0.39 is 35.3 Å². The summed E-state index contributed by atoms with van der Waals surface area (Å²) < 4.78 is 25.5. The molecule has 3 heterocycles. The van der Waals surface area contributed by atoms with Crippen LogP contribution in [0.3, 0.4) is 0 Å². The minimum absolute atomic E-state index is 0.0156. The fraction of sp³-hybridized carbons (Fsp3) is 0.273. The molecule has 2 saturated heterocycles. The molecule has 29 heavy (non-hydrogen) atoms. The molecule has 3 aliphatic heterocycles. The topological polar surface area (TPSA) is 55.8 Å². The van der Waals surface area contributed by atoms with Gasteiger partial charge in [0.1, 0.15) is 23.9 Å². The van der Waals surface area contributed by atoms with Gasteiger partial charge < -0.3 is 14.4 Å². The third-order valence-electron chi connectivity index (χ3n) is 5.81. The van der Waals surface area contributed by atoms with Crippen LogP contribution in [0.2, 0.25) is 5.02 Å². The molecule has 148 valence electrons. The zero-order valence-corrected chi connectivity index (χ0v) is 16.0. The number of hydrogen-bond donors (Lipinski definition) is 0. The number of halogens is 2. The average Bonchev–Trinajstić information content (AvgIpc) is 3.37. The van der Waals surface area contributed by atoms with E-state index in [0.717, 1.165) is 5.56 Å². The van der Waals surface area contributed by atoms with Crippen LogP contribution in [-0.2, 0) is 25.7 Å². The van der Waals surface area contributed by atoms with Crippen LogP contribution < -0.4 is 4.90 Å². The van der Waals surface area contributed by atoms with Gasteiger partial charge in [-0.3, -0.25) is 9.59 Å². The number of rotatable bonds is 4. The Hall–Kier alpha value is -2.70. The van der Waals surface area contributed by atoms with Crippen molar-refractivity contribution in [2.24, 2.45) is 11.8 Å². The molecule has 2 bridgehead atoms. The summed E-state index contributed by atoms with van der Waals surface area (Å²) in [6, 6.07) is 13.6. The molecule has 0 radical (unpaired) electrons. The van der Waals surface area contributed by atoms with E-state index in [9.17, 15) is 14.0 Å². The molecule has 5 rings (SSSR count). The second-order valence-electron chi connectivity index (χ2n) is 7.52. The Bertz CT molecular complexity index is 1030. The summed E-state index contributed by atoms with van der Waals surface area (Å²) in [5, 5.41) is -0.0156. The number of hydrogen-bond acceptors (Lipinski definition) is 4. The Kier molecular flexibility index (Phi) is 4.22. The predicted molar refractivity (Wildman–Crippen MR) is 104 cm³/mol. The molecule has 5 nitrogen and oxygen atoms in total. The first-order valence-electron chi connectivity index (χ1n) is 9.33. The monoisotopic (exact) mass is 413 g/mol. The summed E-state index contributed by atoms with van der Waals surface area (Å²) in [6.45, 7) is 0.347. The molecule has 0 aliphatic carbocycles. The Morgan fingerprint density at radius 1 is 1.28 bits per heavy atom. The van der Waals surface area contributed by atoms with Gasteiger partial charge in [0, 0.05) is 5.69 Å². The van der Waals surface area contributed by atoms with Crippen molar-refractivity contribution in [3.8, 4) is 0 Å². The molecule has 0 unspecified atom stereocenters. The SMILES string of the molecule is O=C(OCc1ccccc1)[C@H]1[C@H]2C(=O)N(c3ccc(Cl)c(F)c3)C[C@]23C=C[C@H]1O3. The Morgan fingerprint density at radius 2 is 2.07 bits per heavy atom. The van der Waals surface area contributed by atoms with Crippen LogP contribution in [0.1, 0.15) is 5.56 Å². The fourth-order valence-corrected chi connectivity index (χ4v) is 4.58. The maximum absolute atomic E-state index is 13.9. The van der Waals surface area contributed by atoms with Gasteiger partial charge in [-0.25, -0.2) is 4.39 Å². The third kappa shape index (κ3) is 2.86. The Morgan fingerprint density at radius 3 is 2.83 bits per heavy atom. The summed E-state index contributed by atoms with van der Waals surface area (Å²) in [7, 11) is 0. The number of carbonyl (C=O) groups is 2. The van der Waals surface area contributed by atoms with E-state index in [1.54, 1.807) is 6.07 Å². The van der Waals surface area contributed by atoms with Crippen LogP contribution >= 0.6 is 11.6 Å². The lowest BCUT2D eigenvalue weighted by atomic mass is 9.77. The largest absolute Gasteiger partial charge is 0.460 e. The van der Waals surface area contributed by atoms with Crippen LogP contribution in [0, 0.1) is 17.7 Å². The van der Waals surface area contributed by atoms with Gasteiger partial charge in [0.15, 0.2) is 0 Å². The van der Waals surface area contributed by atoms with Gasteiger partial charge in [0.25, 0.3) is 0 Å². The molecule has 0 saturated carbocycles. The molecule has 0 N–H and O–H groups in total. The number of carbonyl (C=O) groups excluding carboxylic acids is 2. The standard InChI is InChI=1S/C22H17ClFNO4/c23-15-7-6-14(10-16(15)24)25-12-22-9-8-17(29-22)18(19(22)20(25)26)21(27)28-11-13-4-2-1-3-5-13/h1-10,17-19H,11-12H2/t17-,18-,19+,22-/m1/s1. The first kappa shape index (κ1) is 18.3. The van der Waals surface area contributed by atoms with Crippen LogP contribution in [0.5, 0.6) is 0 Å². The lowest BCUT2D eigenvalue weighted by Crippen LogP contribution is -2.40. The highest BCUT2D eigenvalue weighted by Crippen LogP contribution is 2.53. The van der Waals surface area contributed by atoms with Crippen molar-refractivity contribution in [1.29, 1.82) is 0 Å². The number of amides is 1. The lowest BCUT2D eigenvalue weighted by Gasteiger charge is -2.22. The number of esters is 1. The van der Waals surface area contributed by atoms with Crippen molar-refractivity contribution in [3.63, 3.8) is 0 Å². The molecular weight excluding hydrogens is 397 g/mol.